The van der Waals surface area contributed by atoms with Crippen LogP contribution in [0.5, 0.6) is 5.75 Å². The van der Waals surface area contributed by atoms with Crippen molar-refractivity contribution >= 4 is 51.2 Å². The molecule has 166 valence electrons. The highest BCUT2D eigenvalue weighted by molar-refractivity contribution is 14.1. The average Bonchev–Trinajstić information content (AvgIpc) is 2.86. The summed E-state index contributed by atoms with van der Waals surface area (Å²) in [5, 5.41) is 1.66. The number of hydrogen-bond donors (Lipinski definition) is 1. The Balaban J connectivity index is 1.86. The van der Waals surface area contributed by atoms with E-state index in [2.05, 4.69) is 28.0 Å². The van der Waals surface area contributed by atoms with Gasteiger partial charge in [0, 0.05) is 14.5 Å². The summed E-state index contributed by atoms with van der Waals surface area (Å²) in [6.45, 7) is 0. The highest BCUT2D eigenvalue weighted by Crippen LogP contribution is 2.36. The SMILES string of the molecule is COC(=O)N(NC(=O)c1c(OC)c(-c2ccccc2)nc2ccccc12)c1ccc(I)cc1. The van der Waals surface area contributed by atoms with E-state index >= 15 is 0 Å². The van der Waals surface area contributed by atoms with Crippen molar-refractivity contribution in [2.24, 2.45) is 0 Å². The van der Waals surface area contributed by atoms with Crippen molar-refractivity contribution < 1.29 is 19.1 Å². The minimum atomic E-state index is -0.731. The lowest BCUT2D eigenvalue weighted by Crippen LogP contribution is -2.46. The zero-order valence-electron chi connectivity index (χ0n) is 17.9. The van der Waals surface area contributed by atoms with Crippen molar-refractivity contribution in [3.8, 4) is 17.0 Å². The number of methoxy groups -OCH3 is 2. The van der Waals surface area contributed by atoms with Crippen LogP contribution in [0.2, 0.25) is 0 Å². The monoisotopic (exact) mass is 553 g/mol. The maximum absolute atomic E-state index is 13.6. The summed E-state index contributed by atoms with van der Waals surface area (Å²) in [5.41, 5.74) is 5.35. The normalized spacial score (nSPS) is 10.5. The molecule has 2 amide bonds. The van der Waals surface area contributed by atoms with E-state index in [4.69, 9.17) is 14.5 Å². The second kappa shape index (κ2) is 9.86. The van der Waals surface area contributed by atoms with Crippen molar-refractivity contribution in [1.29, 1.82) is 0 Å². The summed E-state index contributed by atoms with van der Waals surface area (Å²) in [4.78, 5) is 30.9. The van der Waals surface area contributed by atoms with Crippen LogP contribution in [0, 0.1) is 3.57 Å². The molecule has 33 heavy (non-hydrogen) atoms. The van der Waals surface area contributed by atoms with Gasteiger partial charge in [0.15, 0.2) is 5.75 Å². The summed E-state index contributed by atoms with van der Waals surface area (Å²) < 4.78 is 11.6. The third kappa shape index (κ3) is 4.61. The average molecular weight is 553 g/mol. The van der Waals surface area contributed by atoms with Crippen molar-refractivity contribution in [1.82, 2.24) is 10.4 Å². The molecule has 1 N–H and O–H groups in total. The van der Waals surface area contributed by atoms with Crippen molar-refractivity contribution in [3.63, 3.8) is 0 Å². The topological polar surface area (TPSA) is 80.8 Å². The predicted molar refractivity (Wildman–Crippen MR) is 135 cm³/mol. The Morgan fingerprint density at radius 2 is 1.58 bits per heavy atom. The van der Waals surface area contributed by atoms with E-state index in [1.165, 1.54) is 14.2 Å². The fourth-order valence-corrected chi connectivity index (χ4v) is 3.82. The maximum atomic E-state index is 13.6. The Hall–Kier alpha value is -3.66. The van der Waals surface area contributed by atoms with Gasteiger partial charge in [-0.25, -0.2) is 9.78 Å². The fraction of sp³-hybridized carbons (Fsp3) is 0.0800. The van der Waals surface area contributed by atoms with E-state index in [0.29, 0.717) is 28.0 Å². The molecule has 0 fully saturated rings. The third-order valence-corrected chi connectivity index (χ3v) is 5.70. The highest BCUT2D eigenvalue weighted by Gasteiger charge is 2.26. The number of nitrogens with one attached hydrogen (secondary N) is 1. The minimum absolute atomic E-state index is 0.265. The van der Waals surface area contributed by atoms with E-state index in [-0.39, 0.29) is 5.56 Å². The van der Waals surface area contributed by atoms with Crippen LogP contribution in [0.15, 0.2) is 78.9 Å². The molecule has 0 aliphatic rings. The zero-order valence-corrected chi connectivity index (χ0v) is 20.1. The predicted octanol–water partition coefficient (Wildman–Crippen LogP) is 5.43. The summed E-state index contributed by atoms with van der Waals surface area (Å²) in [7, 11) is 2.75. The van der Waals surface area contributed by atoms with E-state index in [0.717, 1.165) is 14.1 Å². The standard InChI is InChI=1S/C25H20IN3O4/c1-32-23-21(24(30)28-29(25(31)33-2)18-14-12-17(26)13-15-18)19-10-6-7-11-20(19)27-22(23)16-8-4-3-5-9-16/h3-15H,1-2H3,(H,28,30). The largest absolute Gasteiger partial charge is 0.494 e. The number of benzene rings is 3. The van der Waals surface area contributed by atoms with Gasteiger partial charge in [0.05, 0.1) is 31.0 Å². The summed E-state index contributed by atoms with van der Waals surface area (Å²) in [6.07, 6.45) is -0.731. The molecule has 7 nitrogen and oxygen atoms in total. The molecule has 0 unspecified atom stereocenters. The number of nitrogens with zero attached hydrogens (tertiary/aromatic N) is 2. The zero-order chi connectivity index (χ0) is 23.4. The number of para-hydroxylation sites is 1. The molecular weight excluding hydrogens is 533 g/mol. The Morgan fingerprint density at radius 1 is 0.909 bits per heavy atom. The lowest BCUT2D eigenvalue weighted by molar-refractivity contribution is 0.0939. The lowest BCUT2D eigenvalue weighted by Gasteiger charge is -2.23. The van der Waals surface area contributed by atoms with Crippen LogP contribution < -0.4 is 15.2 Å². The van der Waals surface area contributed by atoms with Gasteiger partial charge in [-0.3, -0.25) is 10.2 Å². The molecule has 8 heteroatoms. The summed E-state index contributed by atoms with van der Waals surface area (Å²) in [6, 6.07) is 23.9. The second-order valence-corrected chi connectivity index (χ2v) is 8.22. The van der Waals surface area contributed by atoms with Gasteiger partial charge in [0.1, 0.15) is 5.69 Å². The second-order valence-electron chi connectivity index (χ2n) is 6.97. The number of aromatic nitrogens is 1. The molecule has 1 heterocycles. The Morgan fingerprint density at radius 3 is 2.24 bits per heavy atom. The van der Waals surface area contributed by atoms with E-state index in [1.807, 2.05) is 60.7 Å². The number of hydrazine groups is 1. The van der Waals surface area contributed by atoms with Gasteiger partial charge in [-0.1, -0.05) is 48.5 Å². The number of hydrogen-bond acceptors (Lipinski definition) is 5. The number of carbonyl (C=O) groups is 2. The van der Waals surface area contributed by atoms with Crippen LogP contribution in [-0.2, 0) is 4.74 Å². The number of carbonyl (C=O) groups excluding carboxylic acids is 2. The van der Waals surface area contributed by atoms with E-state index in [1.54, 1.807) is 18.2 Å². The number of pyridine rings is 1. The molecule has 0 aliphatic carbocycles. The van der Waals surface area contributed by atoms with Gasteiger partial charge in [-0.05, 0) is 52.9 Å². The summed E-state index contributed by atoms with van der Waals surface area (Å²) in [5.74, 6) is -0.226. The first kappa shape index (κ1) is 22.5. The Bertz CT molecular complexity index is 1310. The number of rotatable bonds is 4. The molecule has 0 radical (unpaired) electrons. The quantitative estimate of drug-likeness (QED) is 0.269. The first-order chi connectivity index (χ1) is 16.0. The van der Waals surface area contributed by atoms with Crippen molar-refractivity contribution in [2.75, 3.05) is 19.2 Å². The number of halogens is 1. The Kier molecular flexibility index (Phi) is 6.74. The Labute approximate surface area is 204 Å². The van der Waals surface area contributed by atoms with Crippen molar-refractivity contribution in [2.45, 2.75) is 0 Å². The lowest BCUT2D eigenvalue weighted by atomic mass is 10.0. The first-order valence-corrected chi connectivity index (χ1v) is 11.1. The molecule has 1 aromatic heterocycles. The molecule has 4 aromatic rings. The van der Waals surface area contributed by atoms with Gasteiger partial charge < -0.3 is 9.47 Å². The minimum Gasteiger partial charge on any atom is -0.494 e. The smallest absolute Gasteiger partial charge is 0.433 e. The van der Waals surface area contributed by atoms with Crippen LogP contribution in [0.25, 0.3) is 22.2 Å². The van der Waals surface area contributed by atoms with Crippen LogP contribution in [0.3, 0.4) is 0 Å². The molecule has 4 rings (SSSR count). The number of anilines is 1. The van der Waals surface area contributed by atoms with Gasteiger partial charge in [-0.15, -0.1) is 0 Å². The highest BCUT2D eigenvalue weighted by atomic mass is 127. The van der Waals surface area contributed by atoms with E-state index < -0.39 is 12.0 Å². The van der Waals surface area contributed by atoms with E-state index in [9.17, 15) is 9.59 Å². The molecule has 0 aliphatic heterocycles. The van der Waals surface area contributed by atoms with Gasteiger partial charge in [0.25, 0.3) is 5.91 Å². The molecule has 0 saturated heterocycles. The van der Waals surface area contributed by atoms with Crippen LogP contribution in [-0.4, -0.2) is 31.2 Å². The van der Waals surface area contributed by atoms with Gasteiger partial charge >= 0.3 is 6.09 Å². The maximum Gasteiger partial charge on any atom is 0.433 e. The number of fused-ring (bicyclic) bond motifs is 1. The van der Waals surface area contributed by atoms with Gasteiger partial charge in [0.2, 0.25) is 0 Å². The van der Waals surface area contributed by atoms with Crippen LogP contribution in [0.4, 0.5) is 10.5 Å². The number of ether oxygens (including phenoxy) is 2. The third-order valence-electron chi connectivity index (χ3n) is 4.98. The first-order valence-electron chi connectivity index (χ1n) is 10.00. The van der Waals surface area contributed by atoms with Crippen molar-refractivity contribution in [3.05, 3.63) is 88.0 Å². The van der Waals surface area contributed by atoms with Crippen LogP contribution in [0.1, 0.15) is 10.4 Å². The number of amides is 2. The van der Waals surface area contributed by atoms with Crippen LogP contribution >= 0.6 is 22.6 Å². The molecule has 0 atom stereocenters. The fourth-order valence-electron chi connectivity index (χ4n) is 3.46. The molecule has 0 saturated carbocycles. The molecule has 0 bridgehead atoms. The molecular formula is C25H20IN3O4. The molecule has 0 spiro atoms. The van der Waals surface area contributed by atoms with Gasteiger partial charge in [-0.2, -0.15) is 5.01 Å². The molecule has 3 aromatic carbocycles. The summed E-state index contributed by atoms with van der Waals surface area (Å²) >= 11 is 2.16.